The van der Waals surface area contributed by atoms with Crippen molar-refractivity contribution in [2.75, 3.05) is 5.32 Å². The normalized spacial score (nSPS) is 20.0. The predicted molar refractivity (Wildman–Crippen MR) is 108 cm³/mol. The number of anilines is 1. The fourth-order valence-electron chi connectivity index (χ4n) is 3.04. The number of thioether (sulfide) groups is 1. The molecule has 0 unspecified atom stereocenters. The summed E-state index contributed by atoms with van der Waals surface area (Å²) in [5, 5.41) is 3.92. The van der Waals surface area contributed by atoms with Crippen molar-refractivity contribution in [3.05, 3.63) is 57.8 Å². The van der Waals surface area contributed by atoms with Gasteiger partial charge in [-0.15, -0.1) is 11.8 Å². The molecule has 0 bridgehead atoms. The van der Waals surface area contributed by atoms with Gasteiger partial charge in [0.15, 0.2) is 0 Å². The molecule has 2 nitrogen and oxygen atoms in total. The molecular formula is C20H20Cl2FNOS. The molecular weight excluding hydrogens is 392 g/mol. The van der Waals surface area contributed by atoms with E-state index in [9.17, 15) is 9.18 Å². The Hall–Kier alpha value is -1.23. The van der Waals surface area contributed by atoms with Gasteiger partial charge in [-0.3, -0.25) is 4.79 Å². The first-order valence-corrected chi connectivity index (χ1v) is 10.3. The van der Waals surface area contributed by atoms with E-state index in [4.69, 9.17) is 23.2 Å². The molecule has 138 valence electrons. The number of rotatable bonds is 4. The van der Waals surface area contributed by atoms with Crippen LogP contribution in [0.3, 0.4) is 0 Å². The summed E-state index contributed by atoms with van der Waals surface area (Å²) in [7, 11) is 0. The summed E-state index contributed by atoms with van der Waals surface area (Å²) >= 11 is 13.8. The highest BCUT2D eigenvalue weighted by Gasteiger charge is 2.20. The molecule has 0 atom stereocenters. The molecule has 2 aromatic carbocycles. The Bertz CT molecular complexity index is 806. The summed E-state index contributed by atoms with van der Waals surface area (Å²) in [6.07, 6.45) is 4.82. The lowest BCUT2D eigenvalue weighted by molar-refractivity contribution is 0.102. The van der Waals surface area contributed by atoms with E-state index in [-0.39, 0.29) is 10.9 Å². The van der Waals surface area contributed by atoms with Crippen molar-refractivity contribution in [2.45, 2.75) is 42.8 Å². The number of hydrogen-bond acceptors (Lipinski definition) is 2. The minimum absolute atomic E-state index is 0.0262. The number of hydrogen-bond donors (Lipinski definition) is 1. The monoisotopic (exact) mass is 411 g/mol. The zero-order chi connectivity index (χ0) is 18.7. The van der Waals surface area contributed by atoms with Crippen LogP contribution in [0.5, 0.6) is 0 Å². The summed E-state index contributed by atoms with van der Waals surface area (Å²) in [5.41, 5.74) is 0.966. The second-order valence-corrected chi connectivity index (χ2v) is 8.88. The molecule has 6 heteroatoms. The SMILES string of the molecule is CC1CCC(Sc2cc(C(=O)Nc3ccc(F)c(Cl)c3)ccc2Cl)CC1. The fraction of sp³-hybridized carbons (Fsp3) is 0.350. The second-order valence-electron chi connectivity index (χ2n) is 6.73. The average molecular weight is 412 g/mol. The lowest BCUT2D eigenvalue weighted by atomic mass is 9.91. The molecule has 0 spiro atoms. The van der Waals surface area contributed by atoms with Gasteiger partial charge in [0.25, 0.3) is 5.91 Å². The topological polar surface area (TPSA) is 29.1 Å². The second kappa shape index (κ2) is 8.64. The summed E-state index contributed by atoms with van der Waals surface area (Å²) in [6, 6.07) is 9.37. The van der Waals surface area contributed by atoms with Gasteiger partial charge in [-0.05, 0) is 68.0 Å². The number of benzene rings is 2. The van der Waals surface area contributed by atoms with Gasteiger partial charge in [-0.2, -0.15) is 0 Å². The molecule has 2 aromatic rings. The van der Waals surface area contributed by atoms with E-state index in [2.05, 4.69) is 12.2 Å². The minimum atomic E-state index is -0.517. The molecule has 0 saturated heterocycles. The highest BCUT2D eigenvalue weighted by atomic mass is 35.5. The Labute approximate surface area is 167 Å². The van der Waals surface area contributed by atoms with Crippen LogP contribution in [-0.2, 0) is 0 Å². The standard InChI is InChI=1S/C20H20Cl2FNOS/c1-12-2-6-15(7-3-12)26-19-10-13(4-8-16(19)21)20(25)24-14-5-9-18(23)17(22)11-14/h4-5,8-12,15H,2-3,6-7H2,1H3,(H,24,25). The van der Waals surface area contributed by atoms with Crippen LogP contribution in [0.15, 0.2) is 41.3 Å². The van der Waals surface area contributed by atoms with Crippen LogP contribution in [0.25, 0.3) is 0 Å². The van der Waals surface area contributed by atoms with Crippen LogP contribution in [0, 0.1) is 11.7 Å². The van der Waals surface area contributed by atoms with Gasteiger partial charge in [0.05, 0.1) is 10.0 Å². The first-order chi connectivity index (χ1) is 12.4. The number of halogens is 3. The van der Waals surface area contributed by atoms with Crippen molar-refractivity contribution >= 4 is 46.6 Å². The van der Waals surface area contributed by atoms with Crippen LogP contribution < -0.4 is 5.32 Å². The Kier molecular flexibility index (Phi) is 6.49. The molecule has 0 aliphatic heterocycles. The molecule has 1 N–H and O–H groups in total. The molecule has 1 amide bonds. The van der Waals surface area contributed by atoms with Gasteiger partial charge in [-0.1, -0.05) is 30.1 Å². The smallest absolute Gasteiger partial charge is 0.255 e. The predicted octanol–water partition coefficient (Wildman–Crippen LogP) is 7.06. The number of carbonyl (C=O) groups is 1. The quantitative estimate of drug-likeness (QED) is 0.583. The Morgan fingerprint density at radius 3 is 2.50 bits per heavy atom. The number of nitrogens with one attached hydrogen (secondary N) is 1. The van der Waals surface area contributed by atoms with Gasteiger partial charge in [0, 0.05) is 21.4 Å². The largest absolute Gasteiger partial charge is 0.322 e. The maximum absolute atomic E-state index is 13.2. The highest BCUT2D eigenvalue weighted by molar-refractivity contribution is 8.00. The van der Waals surface area contributed by atoms with Crippen molar-refractivity contribution in [1.82, 2.24) is 0 Å². The fourth-order valence-corrected chi connectivity index (χ4v) is 4.71. The van der Waals surface area contributed by atoms with Gasteiger partial charge in [0.2, 0.25) is 0 Å². The van der Waals surface area contributed by atoms with Crippen molar-refractivity contribution in [3.8, 4) is 0 Å². The minimum Gasteiger partial charge on any atom is -0.322 e. The van der Waals surface area contributed by atoms with Crippen LogP contribution in [0.4, 0.5) is 10.1 Å². The van der Waals surface area contributed by atoms with Gasteiger partial charge in [-0.25, -0.2) is 4.39 Å². The molecule has 0 radical (unpaired) electrons. The number of amides is 1. The summed E-state index contributed by atoms with van der Waals surface area (Å²) in [6.45, 7) is 2.29. The first-order valence-electron chi connectivity index (χ1n) is 8.65. The van der Waals surface area contributed by atoms with Gasteiger partial charge < -0.3 is 5.32 Å². The maximum atomic E-state index is 13.2. The van der Waals surface area contributed by atoms with Crippen LogP contribution >= 0.6 is 35.0 Å². The molecule has 1 aliphatic carbocycles. The third kappa shape index (κ3) is 4.93. The van der Waals surface area contributed by atoms with E-state index < -0.39 is 5.82 Å². The summed E-state index contributed by atoms with van der Waals surface area (Å²) in [5.74, 6) is 0.00192. The molecule has 26 heavy (non-hydrogen) atoms. The third-order valence-electron chi connectivity index (χ3n) is 4.63. The van der Waals surface area contributed by atoms with E-state index in [1.165, 1.54) is 43.9 Å². The molecule has 0 heterocycles. The van der Waals surface area contributed by atoms with Crippen LogP contribution in [-0.4, -0.2) is 11.2 Å². The summed E-state index contributed by atoms with van der Waals surface area (Å²) < 4.78 is 13.2. The Balaban J connectivity index is 1.71. The summed E-state index contributed by atoms with van der Waals surface area (Å²) in [4.78, 5) is 13.4. The Morgan fingerprint density at radius 1 is 1.08 bits per heavy atom. The number of carbonyl (C=O) groups excluding carboxylic acids is 1. The molecule has 3 rings (SSSR count). The Morgan fingerprint density at radius 2 is 1.81 bits per heavy atom. The maximum Gasteiger partial charge on any atom is 0.255 e. The van der Waals surface area contributed by atoms with Crippen molar-refractivity contribution in [1.29, 1.82) is 0 Å². The van der Waals surface area contributed by atoms with Crippen LogP contribution in [0.2, 0.25) is 10.0 Å². The molecule has 1 saturated carbocycles. The van der Waals surface area contributed by atoms with Crippen molar-refractivity contribution < 1.29 is 9.18 Å². The zero-order valence-corrected chi connectivity index (χ0v) is 16.7. The first kappa shape index (κ1) is 19.5. The third-order valence-corrected chi connectivity index (χ3v) is 6.76. The average Bonchev–Trinajstić information content (AvgIpc) is 2.62. The van der Waals surface area contributed by atoms with Crippen molar-refractivity contribution in [3.63, 3.8) is 0 Å². The van der Waals surface area contributed by atoms with Crippen LogP contribution in [0.1, 0.15) is 43.0 Å². The van der Waals surface area contributed by atoms with E-state index in [1.54, 1.807) is 23.9 Å². The van der Waals surface area contributed by atoms with E-state index in [1.807, 2.05) is 6.07 Å². The highest BCUT2D eigenvalue weighted by Crippen LogP contribution is 2.39. The molecule has 1 fully saturated rings. The van der Waals surface area contributed by atoms with E-state index in [0.717, 1.165) is 10.8 Å². The molecule has 0 aromatic heterocycles. The van der Waals surface area contributed by atoms with Gasteiger partial charge in [0.1, 0.15) is 5.82 Å². The lowest BCUT2D eigenvalue weighted by Crippen LogP contribution is -2.14. The molecule has 1 aliphatic rings. The zero-order valence-electron chi connectivity index (χ0n) is 14.4. The van der Waals surface area contributed by atoms with Crippen molar-refractivity contribution in [2.24, 2.45) is 5.92 Å². The van der Waals surface area contributed by atoms with Gasteiger partial charge >= 0.3 is 0 Å². The van der Waals surface area contributed by atoms with E-state index >= 15 is 0 Å². The lowest BCUT2D eigenvalue weighted by Gasteiger charge is -2.26. The van der Waals surface area contributed by atoms with E-state index in [0.29, 0.717) is 21.5 Å².